The van der Waals surface area contributed by atoms with Crippen LogP contribution in [0.1, 0.15) is 130 Å². The first kappa shape index (κ1) is 24.3. The van der Waals surface area contributed by atoms with Gasteiger partial charge in [-0.25, -0.2) is 0 Å². The number of fused-ring (bicyclic) bond motifs is 5. The molecule has 0 aromatic heterocycles. The lowest BCUT2D eigenvalue weighted by atomic mass is 9.45. The zero-order valence-corrected chi connectivity index (χ0v) is 21.1. The number of Topliss-reactive ketones (excluding diaryl/α,β-unsaturated/α-hetero) is 1. The number of ether oxygens (including phenoxy) is 1. The van der Waals surface area contributed by atoms with E-state index in [1.807, 2.05) is 0 Å². The van der Waals surface area contributed by atoms with Crippen molar-refractivity contribution in [3.63, 3.8) is 0 Å². The van der Waals surface area contributed by atoms with Gasteiger partial charge in [-0.15, -0.1) is 0 Å². The lowest BCUT2D eigenvalue weighted by Gasteiger charge is -2.60. The highest BCUT2D eigenvalue weighted by Gasteiger charge is 2.60. The van der Waals surface area contributed by atoms with E-state index in [9.17, 15) is 9.59 Å². The maximum absolute atomic E-state index is 12.6. The molecule has 0 unspecified atom stereocenters. The van der Waals surface area contributed by atoms with Crippen molar-refractivity contribution in [2.24, 2.45) is 34.5 Å². The summed E-state index contributed by atoms with van der Waals surface area (Å²) >= 11 is 0. The van der Waals surface area contributed by atoms with Crippen LogP contribution in [0.3, 0.4) is 0 Å². The minimum Gasteiger partial charge on any atom is -0.462 e. The van der Waals surface area contributed by atoms with Crippen molar-refractivity contribution in [2.75, 3.05) is 0 Å². The van der Waals surface area contributed by atoms with Crippen molar-refractivity contribution >= 4 is 11.8 Å². The molecule has 0 heterocycles. The molecule has 0 bridgehead atoms. The van der Waals surface area contributed by atoms with E-state index >= 15 is 0 Å². The fourth-order valence-corrected chi connectivity index (χ4v) is 8.57. The molecule has 0 radical (unpaired) electrons. The van der Waals surface area contributed by atoms with E-state index in [4.69, 9.17) is 4.74 Å². The average molecular weight is 445 g/mol. The second kappa shape index (κ2) is 10.2. The van der Waals surface area contributed by atoms with Crippen LogP contribution in [0, 0.1) is 34.5 Å². The summed E-state index contributed by atoms with van der Waals surface area (Å²) in [6, 6.07) is 0. The Balaban J connectivity index is 1.24. The molecule has 3 heteroatoms. The van der Waals surface area contributed by atoms with Gasteiger partial charge in [0.2, 0.25) is 0 Å². The van der Waals surface area contributed by atoms with Gasteiger partial charge in [0.15, 0.2) is 0 Å². The fraction of sp³-hybridized carbons (Fsp3) is 0.931. The Kier molecular flexibility index (Phi) is 7.72. The zero-order valence-electron chi connectivity index (χ0n) is 21.1. The number of carbonyl (C=O) groups excluding carboxylic acids is 2. The van der Waals surface area contributed by atoms with Gasteiger partial charge in [0.1, 0.15) is 11.9 Å². The maximum Gasteiger partial charge on any atom is 0.306 e. The Labute approximate surface area is 196 Å². The van der Waals surface area contributed by atoms with Crippen molar-refractivity contribution < 1.29 is 14.3 Å². The third-order valence-electron chi connectivity index (χ3n) is 10.6. The Bertz CT molecular complexity index is 671. The van der Waals surface area contributed by atoms with Crippen LogP contribution in [0.2, 0.25) is 0 Å². The molecule has 4 aliphatic carbocycles. The molecular formula is C29H48O3. The van der Waals surface area contributed by atoms with E-state index in [0.29, 0.717) is 29.5 Å². The van der Waals surface area contributed by atoms with E-state index in [-0.39, 0.29) is 17.5 Å². The van der Waals surface area contributed by atoms with Gasteiger partial charge >= 0.3 is 5.97 Å². The molecule has 4 aliphatic rings. The average Bonchev–Trinajstić information content (AvgIpc) is 3.08. The van der Waals surface area contributed by atoms with Crippen molar-refractivity contribution in [2.45, 2.75) is 136 Å². The first-order valence-corrected chi connectivity index (χ1v) is 14.1. The molecule has 0 spiro atoms. The third-order valence-corrected chi connectivity index (χ3v) is 10.6. The SMILES string of the molecule is CCCCCCCCCC(=O)O[C@@H]1CC[C@@]2(C)[C@@H](CC[C@H]3[C@H]2CC[C@]2(C)C(=O)CC[C@@H]32)C1. The number of rotatable bonds is 9. The van der Waals surface area contributed by atoms with E-state index in [1.165, 1.54) is 57.8 Å². The highest BCUT2D eigenvalue weighted by atomic mass is 16.5. The molecule has 7 atom stereocenters. The van der Waals surface area contributed by atoms with Crippen LogP contribution < -0.4 is 0 Å². The second-order valence-electron chi connectivity index (χ2n) is 12.3. The first-order chi connectivity index (χ1) is 15.4. The van der Waals surface area contributed by atoms with Gasteiger partial charge in [-0.3, -0.25) is 9.59 Å². The van der Waals surface area contributed by atoms with Crippen LogP contribution in [0.15, 0.2) is 0 Å². The molecule has 0 aromatic carbocycles. The Morgan fingerprint density at radius 3 is 2.44 bits per heavy atom. The van der Waals surface area contributed by atoms with Crippen molar-refractivity contribution in [1.29, 1.82) is 0 Å². The smallest absolute Gasteiger partial charge is 0.306 e. The number of carbonyl (C=O) groups is 2. The lowest BCUT2D eigenvalue weighted by Crippen LogP contribution is -2.54. The Hall–Kier alpha value is -0.860. The third kappa shape index (κ3) is 4.69. The molecule has 0 amide bonds. The van der Waals surface area contributed by atoms with Crippen molar-refractivity contribution in [1.82, 2.24) is 0 Å². The molecule has 3 nitrogen and oxygen atoms in total. The van der Waals surface area contributed by atoms with Gasteiger partial charge in [-0.1, -0.05) is 59.3 Å². The molecule has 4 fully saturated rings. The van der Waals surface area contributed by atoms with Gasteiger partial charge in [-0.2, -0.15) is 0 Å². The Morgan fingerprint density at radius 1 is 0.906 bits per heavy atom. The van der Waals surface area contributed by atoms with E-state index < -0.39 is 0 Å². The molecule has 0 saturated heterocycles. The summed E-state index contributed by atoms with van der Waals surface area (Å²) in [5.74, 6) is 3.43. The predicted molar refractivity (Wildman–Crippen MR) is 129 cm³/mol. The fourth-order valence-electron chi connectivity index (χ4n) is 8.57. The van der Waals surface area contributed by atoms with E-state index in [1.54, 1.807) is 0 Å². The maximum atomic E-state index is 12.6. The summed E-state index contributed by atoms with van der Waals surface area (Å²) in [4.78, 5) is 25.1. The van der Waals surface area contributed by atoms with Crippen molar-refractivity contribution in [3.8, 4) is 0 Å². The number of ketones is 1. The van der Waals surface area contributed by atoms with Crippen LogP contribution >= 0.6 is 0 Å². The number of hydrogen-bond acceptors (Lipinski definition) is 3. The summed E-state index contributed by atoms with van der Waals surface area (Å²) in [6.45, 7) is 7.07. The quantitative estimate of drug-likeness (QED) is 0.271. The molecule has 32 heavy (non-hydrogen) atoms. The minimum absolute atomic E-state index is 0.0207. The van der Waals surface area contributed by atoms with Gasteiger partial charge in [0.25, 0.3) is 0 Å². The first-order valence-electron chi connectivity index (χ1n) is 14.1. The Morgan fingerprint density at radius 2 is 1.66 bits per heavy atom. The number of esters is 1. The minimum atomic E-state index is -0.0207. The lowest BCUT2D eigenvalue weighted by molar-refractivity contribution is -0.162. The normalized spacial score (nSPS) is 41.0. The molecule has 0 N–H and O–H groups in total. The topological polar surface area (TPSA) is 43.4 Å². The van der Waals surface area contributed by atoms with Crippen LogP contribution in [0.4, 0.5) is 0 Å². The highest BCUT2D eigenvalue weighted by Crippen LogP contribution is 2.65. The molecule has 4 saturated carbocycles. The van der Waals surface area contributed by atoms with Crippen LogP contribution in [-0.2, 0) is 14.3 Å². The molecule has 0 aromatic rings. The summed E-state index contributed by atoms with van der Waals surface area (Å²) < 4.78 is 5.98. The summed E-state index contributed by atoms with van der Waals surface area (Å²) in [5, 5.41) is 0. The summed E-state index contributed by atoms with van der Waals surface area (Å²) in [5.41, 5.74) is 0.365. The molecule has 182 valence electrons. The largest absolute Gasteiger partial charge is 0.462 e. The number of unbranched alkanes of at least 4 members (excludes halogenated alkanes) is 6. The summed E-state index contributed by atoms with van der Waals surface area (Å²) in [7, 11) is 0. The monoisotopic (exact) mass is 444 g/mol. The predicted octanol–water partition coefficient (Wildman–Crippen LogP) is 7.65. The molecular weight excluding hydrogens is 396 g/mol. The molecule has 0 aliphatic heterocycles. The number of hydrogen-bond donors (Lipinski definition) is 0. The van der Waals surface area contributed by atoms with Crippen LogP contribution in [-0.4, -0.2) is 17.9 Å². The van der Waals surface area contributed by atoms with E-state index in [0.717, 1.165) is 56.8 Å². The van der Waals surface area contributed by atoms with Crippen LogP contribution in [0.5, 0.6) is 0 Å². The molecule has 4 rings (SSSR count). The van der Waals surface area contributed by atoms with Gasteiger partial charge in [0.05, 0.1) is 0 Å². The van der Waals surface area contributed by atoms with Gasteiger partial charge in [0, 0.05) is 18.3 Å². The summed E-state index contributed by atoms with van der Waals surface area (Å²) in [6.07, 6.45) is 19.6. The van der Waals surface area contributed by atoms with E-state index in [2.05, 4.69) is 20.8 Å². The van der Waals surface area contributed by atoms with Gasteiger partial charge < -0.3 is 4.74 Å². The zero-order chi connectivity index (χ0) is 22.8. The van der Waals surface area contributed by atoms with Crippen molar-refractivity contribution in [3.05, 3.63) is 0 Å². The van der Waals surface area contributed by atoms with Crippen LogP contribution in [0.25, 0.3) is 0 Å². The highest BCUT2D eigenvalue weighted by molar-refractivity contribution is 5.87. The standard InChI is InChI=1S/C29H48O3/c1-4-5-6-7-8-9-10-11-27(31)32-22-16-18-28(2)21(20-22)12-13-23-24-14-15-26(30)29(24,3)19-17-25(23)28/h21-25H,4-20H2,1-3H3/t21-,22+,23+,24-,25+,28-,29-/m0/s1. The second-order valence-corrected chi connectivity index (χ2v) is 12.3. The van der Waals surface area contributed by atoms with Gasteiger partial charge in [-0.05, 0) is 86.9 Å².